The third-order valence-electron chi connectivity index (χ3n) is 6.69. The van der Waals surface area contributed by atoms with E-state index < -0.39 is 15.6 Å². The number of nitrogens with zero attached hydrogens (tertiary/aromatic N) is 4. The summed E-state index contributed by atoms with van der Waals surface area (Å²) in [6, 6.07) is 7.59. The molecule has 1 spiro atoms. The Morgan fingerprint density at radius 2 is 1.76 bits per heavy atom. The molecular formula is C22H27N5O5S. The molecule has 0 bridgehead atoms. The van der Waals surface area contributed by atoms with Gasteiger partial charge in [0.2, 0.25) is 15.9 Å². The molecule has 1 aromatic carbocycles. The number of piperazine rings is 1. The summed E-state index contributed by atoms with van der Waals surface area (Å²) >= 11 is 0. The van der Waals surface area contributed by atoms with Crippen molar-refractivity contribution < 1.29 is 22.8 Å². The quantitative estimate of drug-likeness (QED) is 0.614. The fraction of sp³-hybridized carbons (Fsp3) is 0.545. The first-order valence-electron chi connectivity index (χ1n) is 11.2. The average Bonchev–Trinajstić information content (AvgIpc) is 3.39. The van der Waals surface area contributed by atoms with Crippen molar-refractivity contribution in [3.63, 3.8) is 0 Å². The minimum atomic E-state index is -3.82. The Morgan fingerprint density at radius 3 is 2.42 bits per heavy atom. The fourth-order valence-electron chi connectivity index (χ4n) is 4.84. The van der Waals surface area contributed by atoms with E-state index in [2.05, 4.69) is 5.32 Å². The number of sulfonamides is 1. The normalized spacial score (nSPS) is 20.8. The standard InChI is InChI=1S/C22H27N5O5S/c23-16-17-6-1-2-7-18(17)33(31,32)26-14-12-25(13-15-26)19(28)8-5-11-27-20(29)22(24-21(27)30)9-3-4-10-22/h1-2,6-7H,3-5,8-15H2,(H,24,30). The molecule has 0 aromatic heterocycles. The second-order valence-corrected chi connectivity index (χ2v) is 10.6. The molecule has 2 heterocycles. The molecule has 10 nitrogen and oxygen atoms in total. The summed E-state index contributed by atoms with van der Waals surface area (Å²) in [6.07, 6.45) is 3.71. The molecular weight excluding hydrogens is 446 g/mol. The van der Waals surface area contributed by atoms with Crippen molar-refractivity contribution in [1.29, 1.82) is 5.26 Å². The Hall–Kier alpha value is -2.97. The number of imide groups is 1. The number of carbonyl (C=O) groups is 3. The van der Waals surface area contributed by atoms with E-state index in [1.807, 2.05) is 6.07 Å². The summed E-state index contributed by atoms with van der Waals surface area (Å²) in [7, 11) is -3.82. The monoisotopic (exact) mass is 473 g/mol. The Bertz CT molecular complexity index is 1100. The topological polar surface area (TPSA) is 131 Å². The van der Waals surface area contributed by atoms with Gasteiger partial charge in [0, 0.05) is 39.1 Å². The van der Waals surface area contributed by atoms with Gasteiger partial charge in [-0.2, -0.15) is 9.57 Å². The van der Waals surface area contributed by atoms with Gasteiger partial charge in [-0.1, -0.05) is 25.0 Å². The number of nitrogens with one attached hydrogen (secondary N) is 1. The largest absolute Gasteiger partial charge is 0.340 e. The highest BCUT2D eigenvalue weighted by Gasteiger charge is 2.52. The fourth-order valence-corrected chi connectivity index (χ4v) is 6.41. The molecule has 3 aliphatic rings. The molecule has 176 valence electrons. The first-order valence-corrected chi connectivity index (χ1v) is 12.6. The van der Waals surface area contributed by atoms with Crippen molar-refractivity contribution in [2.75, 3.05) is 32.7 Å². The molecule has 1 N–H and O–H groups in total. The predicted molar refractivity (Wildman–Crippen MR) is 117 cm³/mol. The van der Waals surface area contributed by atoms with Gasteiger partial charge < -0.3 is 10.2 Å². The number of nitriles is 1. The number of carbonyl (C=O) groups excluding carboxylic acids is 3. The van der Waals surface area contributed by atoms with Gasteiger partial charge in [-0.3, -0.25) is 14.5 Å². The number of hydrogen-bond acceptors (Lipinski definition) is 6. The minimum Gasteiger partial charge on any atom is -0.340 e. The summed E-state index contributed by atoms with van der Waals surface area (Å²) in [5.41, 5.74) is -0.650. The van der Waals surface area contributed by atoms with Crippen LogP contribution in [0.2, 0.25) is 0 Å². The molecule has 3 fully saturated rings. The molecule has 0 atom stereocenters. The lowest BCUT2D eigenvalue weighted by molar-refractivity contribution is -0.134. The number of rotatable bonds is 6. The Kier molecular flexibility index (Phi) is 6.41. The maximum atomic E-state index is 12.9. The van der Waals surface area contributed by atoms with Gasteiger partial charge in [0.05, 0.1) is 10.5 Å². The molecule has 0 radical (unpaired) electrons. The lowest BCUT2D eigenvalue weighted by Crippen LogP contribution is -2.50. The molecule has 4 rings (SSSR count). The van der Waals surface area contributed by atoms with Crippen LogP contribution in [0.1, 0.15) is 44.1 Å². The molecule has 1 aromatic rings. The van der Waals surface area contributed by atoms with Crippen LogP contribution in [0.5, 0.6) is 0 Å². The third-order valence-corrected chi connectivity index (χ3v) is 8.65. The highest BCUT2D eigenvalue weighted by molar-refractivity contribution is 7.89. The lowest BCUT2D eigenvalue weighted by atomic mass is 9.98. The highest BCUT2D eigenvalue weighted by atomic mass is 32.2. The molecule has 2 saturated heterocycles. The van der Waals surface area contributed by atoms with E-state index in [1.54, 1.807) is 17.0 Å². The van der Waals surface area contributed by atoms with E-state index in [0.29, 0.717) is 19.3 Å². The van der Waals surface area contributed by atoms with Gasteiger partial charge in [-0.05, 0) is 31.4 Å². The number of urea groups is 1. The van der Waals surface area contributed by atoms with Crippen LogP contribution in [0.4, 0.5) is 4.79 Å². The van der Waals surface area contributed by atoms with Crippen LogP contribution in [0.25, 0.3) is 0 Å². The summed E-state index contributed by atoms with van der Waals surface area (Å²) in [4.78, 5) is 40.3. The van der Waals surface area contributed by atoms with Crippen LogP contribution in [0.15, 0.2) is 29.2 Å². The summed E-state index contributed by atoms with van der Waals surface area (Å²) in [6.45, 7) is 0.974. The van der Waals surface area contributed by atoms with E-state index in [9.17, 15) is 28.1 Å². The molecule has 2 aliphatic heterocycles. The van der Waals surface area contributed by atoms with Gasteiger partial charge in [0.25, 0.3) is 5.91 Å². The first kappa shape index (κ1) is 23.2. The third kappa shape index (κ3) is 4.32. The Balaban J connectivity index is 1.27. The molecule has 1 saturated carbocycles. The molecule has 4 amide bonds. The zero-order valence-corrected chi connectivity index (χ0v) is 19.1. The molecule has 33 heavy (non-hydrogen) atoms. The maximum Gasteiger partial charge on any atom is 0.325 e. The van der Waals surface area contributed by atoms with Crippen molar-refractivity contribution in [3.05, 3.63) is 29.8 Å². The van der Waals surface area contributed by atoms with Gasteiger partial charge in [0.15, 0.2) is 0 Å². The summed E-state index contributed by atoms with van der Waals surface area (Å²) in [5, 5.41) is 12.0. The Morgan fingerprint density at radius 1 is 1.09 bits per heavy atom. The predicted octanol–water partition coefficient (Wildman–Crippen LogP) is 1.04. The van der Waals surface area contributed by atoms with E-state index in [-0.39, 0.29) is 67.4 Å². The number of amides is 4. The maximum absolute atomic E-state index is 12.9. The number of hydrogen-bond donors (Lipinski definition) is 1. The van der Waals surface area contributed by atoms with Crippen LogP contribution in [-0.2, 0) is 19.6 Å². The SMILES string of the molecule is N#Cc1ccccc1S(=O)(=O)N1CCN(C(=O)CCCN2C(=O)NC3(CCCC3)C2=O)CC1. The van der Waals surface area contributed by atoms with Crippen LogP contribution in [0, 0.1) is 11.3 Å². The minimum absolute atomic E-state index is 0.0270. The second kappa shape index (κ2) is 9.11. The molecule has 11 heteroatoms. The lowest BCUT2D eigenvalue weighted by Gasteiger charge is -2.34. The zero-order chi connectivity index (χ0) is 23.6. The molecule has 0 unspecified atom stereocenters. The van der Waals surface area contributed by atoms with Gasteiger partial charge >= 0.3 is 6.03 Å². The zero-order valence-electron chi connectivity index (χ0n) is 18.3. The van der Waals surface area contributed by atoms with Gasteiger partial charge in [-0.25, -0.2) is 13.2 Å². The summed E-state index contributed by atoms with van der Waals surface area (Å²) < 4.78 is 27.1. The first-order chi connectivity index (χ1) is 15.8. The van der Waals surface area contributed by atoms with Crippen molar-refractivity contribution >= 4 is 27.9 Å². The highest BCUT2D eigenvalue weighted by Crippen LogP contribution is 2.35. The van der Waals surface area contributed by atoms with Crippen molar-refractivity contribution in [1.82, 2.24) is 19.4 Å². The van der Waals surface area contributed by atoms with E-state index in [4.69, 9.17) is 0 Å². The van der Waals surface area contributed by atoms with Crippen LogP contribution >= 0.6 is 0 Å². The van der Waals surface area contributed by atoms with Crippen LogP contribution in [0.3, 0.4) is 0 Å². The molecule has 1 aliphatic carbocycles. The van der Waals surface area contributed by atoms with Crippen LogP contribution < -0.4 is 5.32 Å². The van der Waals surface area contributed by atoms with E-state index in [1.165, 1.54) is 21.3 Å². The van der Waals surface area contributed by atoms with Crippen molar-refractivity contribution in [2.24, 2.45) is 0 Å². The second-order valence-electron chi connectivity index (χ2n) is 8.67. The summed E-state index contributed by atoms with van der Waals surface area (Å²) in [5.74, 6) is -0.318. The number of benzene rings is 1. The Labute approximate surface area is 193 Å². The van der Waals surface area contributed by atoms with E-state index >= 15 is 0 Å². The van der Waals surface area contributed by atoms with Gasteiger partial charge in [-0.15, -0.1) is 0 Å². The smallest absolute Gasteiger partial charge is 0.325 e. The van der Waals surface area contributed by atoms with E-state index in [0.717, 1.165) is 12.8 Å². The van der Waals surface area contributed by atoms with Gasteiger partial charge in [0.1, 0.15) is 11.6 Å². The average molecular weight is 474 g/mol. The van der Waals surface area contributed by atoms with Crippen molar-refractivity contribution in [2.45, 2.75) is 49.0 Å². The van der Waals surface area contributed by atoms with Crippen molar-refractivity contribution in [3.8, 4) is 6.07 Å². The van der Waals surface area contributed by atoms with Crippen LogP contribution in [-0.4, -0.2) is 78.6 Å².